The third-order valence-corrected chi connectivity index (χ3v) is 2.73. The Morgan fingerprint density at radius 1 is 1.60 bits per heavy atom. The van der Waals surface area contributed by atoms with Crippen molar-refractivity contribution in [2.24, 2.45) is 5.92 Å². The van der Waals surface area contributed by atoms with Gasteiger partial charge in [-0.2, -0.15) is 0 Å². The van der Waals surface area contributed by atoms with E-state index in [1.807, 2.05) is 0 Å². The molecule has 1 heterocycles. The number of aliphatic hydroxyl groups excluding tert-OH is 1. The van der Waals surface area contributed by atoms with E-state index in [0.29, 0.717) is 12.5 Å². The van der Waals surface area contributed by atoms with Gasteiger partial charge in [0.05, 0.1) is 6.61 Å². The molecule has 1 unspecified atom stereocenters. The van der Waals surface area contributed by atoms with Gasteiger partial charge in [-0.25, -0.2) is 4.79 Å². The fraction of sp³-hybridized carbons (Fsp3) is 0.900. The van der Waals surface area contributed by atoms with Gasteiger partial charge in [-0.3, -0.25) is 0 Å². The third-order valence-electron chi connectivity index (χ3n) is 2.73. The van der Waals surface area contributed by atoms with Gasteiger partial charge >= 0.3 is 6.03 Å². The van der Waals surface area contributed by atoms with Crippen LogP contribution in [-0.2, 0) is 0 Å². The van der Waals surface area contributed by atoms with Gasteiger partial charge in [0, 0.05) is 32.2 Å². The van der Waals surface area contributed by atoms with Gasteiger partial charge < -0.3 is 20.6 Å². The molecule has 1 rings (SSSR count). The van der Waals surface area contributed by atoms with Crippen molar-refractivity contribution in [1.29, 1.82) is 0 Å². The number of carbonyl (C=O) groups is 1. The summed E-state index contributed by atoms with van der Waals surface area (Å²) < 4.78 is 0. The van der Waals surface area contributed by atoms with Crippen LogP contribution in [0.2, 0.25) is 0 Å². The summed E-state index contributed by atoms with van der Waals surface area (Å²) in [5, 5.41) is 15.1. The van der Waals surface area contributed by atoms with Crippen molar-refractivity contribution in [3.8, 4) is 0 Å². The number of aliphatic hydroxyl groups is 1. The summed E-state index contributed by atoms with van der Waals surface area (Å²) in [6.07, 6.45) is 0. The first-order valence-corrected chi connectivity index (χ1v) is 5.52. The number of nitrogens with zero attached hydrogens (tertiary/aromatic N) is 1. The van der Waals surface area contributed by atoms with E-state index in [1.54, 1.807) is 4.90 Å². The van der Waals surface area contributed by atoms with Gasteiger partial charge in [-0.05, 0) is 5.92 Å². The van der Waals surface area contributed by atoms with E-state index in [4.69, 9.17) is 5.11 Å². The fourth-order valence-electron chi connectivity index (χ4n) is 1.62. The van der Waals surface area contributed by atoms with Crippen molar-refractivity contribution < 1.29 is 9.90 Å². The second kappa shape index (κ2) is 5.92. The summed E-state index contributed by atoms with van der Waals surface area (Å²) in [5.41, 5.74) is 0. The zero-order valence-electron chi connectivity index (χ0n) is 9.49. The fourth-order valence-corrected chi connectivity index (χ4v) is 1.62. The Morgan fingerprint density at radius 2 is 2.33 bits per heavy atom. The molecule has 0 saturated carbocycles. The molecule has 5 nitrogen and oxygen atoms in total. The van der Waals surface area contributed by atoms with Gasteiger partial charge in [-0.15, -0.1) is 0 Å². The summed E-state index contributed by atoms with van der Waals surface area (Å²) in [7, 11) is 0. The normalized spacial score (nSPS) is 18.4. The Balaban J connectivity index is 2.17. The Morgan fingerprint density at radius 3 is 2.80 bits per heavy atom. The first-order valence-electron chi connectivity index (χ1n) is 5.52. The monoisotopic (exact) mass is 215 g/mol. The summed E-state index contributed by atoms with van der Waals surface area (Å²) in [4.78, 5) is 13.0. The average molecular weight is 215 g/mol. The molecule has 15 heavy (non-hydrogen) atoms. The molecule has 1 atom stereocenters. The van der Waals surface area contributed by atoms with Crippen LogP contribution in [0.1, 0.15) is 13.8 Å². The van der Waals surface area contributed by atoms with Gasteiger partial charge in [0.15, 0.2) is 0 Å². The van der Waals surface area contributed by atoms with Crippen LogP contribution >= 0.6 is 0 Å². The lowest BCUT2D eigenvalue weighted by atomic mass is 10.1. The van der Waals surface area contributed by atoms with Crippen molar-refractivity contribution >= 4 is 6.03 Å². The molecule has 0 spiro atoms. The molecule has 1 saturated heterocycles. The van der Waals surface area contributed by atoms with Crippen molar-refractivity contribution in [2.45, 2.75) is 19.9 Å². The lowest BCUT2D eigenvalue weighted by molar-refractivity contribution is 0.200. The van der Waals surface area contributed by atoms with E-state index in [-0.39, 0.29) is 18.7 Å². The van der Waals surface area contributed by atoms with Crippen molar-refractivity contribution in [3.63, 3.8) is 0 Å². The van der Waals surface area contributed by atoms with Gasteiger partial charge in [0.1, 0.15) is 0 Å². The lowest BCUT2D eigenvalue weighted by Crippen LogP contribution is -2.42. The molecular weight excluding hydrogens is 194 g/mol. The van der Waals surface area contributed by atoms with Crippen molar-refractivity contribution in [2.75, 3.05) is 32.8 Å². The van der Waals surface area contributed by atoms with Crippen LogP contribution in [0.4, 0.5) is 4.79 Å². The van der Waals surface area contributed by atoms with Crippen LogP contribution in [0.5, 0.6) is 0 Å². The maximum Gasteiger partial charge on any atom is 0.317 e. The molecule has 0 radical (unpaired) electrons. The van der Waals surface area contributed by atoms with Gasteiger partial charge in [0.2, 0.25) is 0 Å². The molecule has 2 amide bonds. The SMILES string of the molecule is CC(C)C(CO)NCCN1CCNC1=O. The maximum absolute atomic E-state index is 11.2. The van der Waals surface area contributed by atoms with Crippen LogP contribution in [0.3, 0.4) is 0 Å². The van der Waals surface area contributed by atoms with Crippen LogP contribution in [0.25, 0.3) is 0 Å². The Bertz CT molecular complexity index is 209. The number of carbonyl (C=O) groups excluding carboxylic acids is 1. The summed E-state index contributed by atoms with van der Waals surface area (Å²) in [6.45, 7) is 7.24. The summed E-state index contributed by atoms with van der Waals surface area (Å²) in [5.74, 6) is 0.405. The van der Waals surface area contributed by atoms with Crippen LogP contribution < -0.4 is 10.6 Å². The van der Waals surface area contributed by atoms with Gasteiger partial charge in [0.25, 0.3) is 0 Å². The largest absolute Gasteiger partial charge is 0.395 e. The highest BCUT2D eigenvalue weighted by Gasteiger charge is 2.19. The zero-order valence-corrected chi connectivity index (χ0v) is 9.49. The van der Waals surface area contributed by atoms with Gasteiger partial charge in [-0.1, -0.05) is 13.8 Å². The third kappa shape index (κ3) is 3.68. The van der Waals surface area contributed by atoms with E-state index in [2.05, 4.69) is 24.5 Å². The summed E-state index contributed by atoms with van der Waals surface area (Å²) in [6, 6.07) is 0.137. The van der Waals surface area contributed by atoms with Crippen molar-refractivity contribution in [1.82, 2.24) is 15.5 Å². The lowest BCUT2D eigenvalue weighted by Gasteiger charge is -2.21. The maximum atomic E-state index is 11.2. The molecule has 1 aliphatic rings. The molecule has 1 fully saturated rings. The van der Waals surface area contributed by atoms with E-state index in [9.17, 15) is 4.79 Å². The number of urea groups is 1. The minimum Gasteiger partial charge on any atom is -0.395 e. The molecule has 1 aliphatic heterocycles. The second-order valence-corrected chi connectivity index (χ2v) is 4.21. The number of nitrogens with one attached hydrogen (secondary N) is 2. The van der Waals surface area contributed by atoms with E-state index >= 15 is 0 Å². The van der Waals surface area contributed by atoms with E-state index in [1.165, 1.54) is 0 Å². The smallest absolute Gasteiger partial charge is 0.317 e. The molecule has 5 heteroatoms. The first-order chi connectivity index (χ1) is 7.15. The highest BCUT2D eigenvalue weighted by atomic mass is 16.3. The molecule has 0 bridgehead atoms. The Kier molecular flexibility index (Phi) is 4.84. The number of hydrogen-bond donors (Lipinski definition) is 3. The number of hydrogen-bond acceptors (Lipinski definition) is 3. The zero-order chi connectivity index (χ0) is 11.3. The highest BCUT2D eigenvalue weighted by Crippen LogP contribution is 2.00. The average Bonchev–Trinajstić information content (AvgIpc) is 2.58. The second-order valence-electron chi connectivity index (χ2n) is 4.21. The molecule has 88 valence electrons. The minimum atomic E-state index is 0.0156. The molecule has 0 aromatic carbocycles. The quantitative estimate of drug-likeness (QED) is 0.566. The first kappa shape index (κ1) is 12.3. The molecule has 0 aliphatic carbocycles. The predicted molar refractivity (Wildman–Crippen MR) is 58.7 cm³/mol. The molecule has 3 N–H and O–H groups in total. The van der Waals surface area contributed by atoms with Crippen LogP contribution in [-0.4, -0.2) is 54.9 Å². The predicted octanol–water partition coefficient (Wildman–Crippen LogP) is -0.382. The topological polar surface area (TPSA) is 64.6 Å². The molecule has 0 aromatic heterocycles. The standard InChI is InChI=1S/C10H21N3O2/c1-8(2)9(7-14)11-3-5-13-6-4-12-10(13)15/h8-9,11,14H,3-7H2,1-2H3,(H,12,15). The summed E-state index contributed by atoms with van der Waals surface area (Å²) >= 11 is 0. The Hall–Kier alpha value is -0.810. The van der Waals surface area contributed by atoms with E-state index in [0.717, 1.165) is 19.6 Å². The van der Waals surface area contributed by atoms with Crippen LogP contribution in [0.15, 0.2) is 0 Å². The molecule has 0 aromatic rings. The van der Waals surface area contributed by atoms with E-state index < -0.39 is 0 Å². The van der Waals surface area contributed by atoms with Crippen molar-refractivity contribution in [3.05, 3.63) is 0 Å². The molecular formula is C10H21N3O2. The minimum absolute atomic E-state index is 0.0156. The Labute approximate surface area is 90.8 Å². The van der Waals surface area contributed by atoms with Crippen LogP contribution in [0, 0.1) is 5.92 Å². The number of rotatable bonds is 6. The number of amides is 2. The highest BCUT2D eigenvalue weighted by molar-refractivity contribution is 5.76.